The number of ether oxygens (including phenoxy) is 2. The number of esters is 1. The minimum absolute atomic E-state index is 0.0927. The van der Waals surface area contributed by atoms with Crippen molar-refractivity contribution >= 4 is 5.97 Å². The summed E-state index contributed by atoms with van der Waals surface area (Å²) in [5.74, 6) is -0.0927. The molecular weight excluding hydrogens is 336 g/mol. The van der Waals surface area contributed by atoms with Gasteiger partial charge in [0.2, 0.25) is 0 Å². The first kappa shape index (κ1) is 20.1. The predicted molar refractivity (Wildman–Crippen MR) is 108 cm³/mol. The second-order valence-corrected chi connectivity index (χ2v) is 9.41. The van der Waals surface area contributed by atoms with Gasteiger partial charge in [-0.05, 0) is 56.4 Å². The molecular formula is C24H34O3. The maximum atomic E-state index is 13.5. The van der Waals surface area contributed by atoms with Gasteiger partial charge in [-0.15, -0.1) is 0 Å². The molecule has 2 aliphatic carbocycles. The summed E-state index contributed by atoms with van der Waals surface area (Å²) in [6.45, 7) is 13.8. The first-order chi connectivity index (χ1) is 12.7. The lowest BCUT2D eigenvalue weighted by Crippen LogP contribution is -2.51. The maximum Gasteiger partial charge on any atom is 0.319 e. The predicted octanol–water partition coefficient (Wildman–Crippen LogP) is 5.69. The summed E-state index contributed by atoms with van der Waals surface area (Å²) < 4.78 is 12.3. The van der Waals surface area contributed by atoms with E-state index in [1.807, 2.05) is 25.1 Å². The van der Waals surface area contributed by atoms with Gasteiger partial charge in [0, 0.05) is 0 Å². The average Bonchev–Trinajstić information content (AvgIpc) is 2.97. The molecule has 3 nitrogen and oxygen atoms in total. The molecule has 0 unspecified atom stereocenters. The zero-order valence-electron chi connectivity index (χ0n) is 17.7. The van der Waals surface area contributed by atoms with Gasteiger partial charge in [-0.3, -0.25) is 4.79 Å². The molecule has 148 valence electrons. The van der Waals surface area contributed by atoms with Crippen LogP contribution in [0.2, 0.25) is 0 Å². The smallest absolute Gasteiger partial charge is 0.319 e. The van der Waals surface area contributed by atoms with Gasteiger partial charge in [0.15, 0.2) is 0 Å². The normalized spacial score (nSPS) is 31.6. The third-order valence-electron chi connectivity index (χ3n) is 6.76. The van der Waals surface area contributed by atoms with Crippen LogP contribution in [0.4, 0.5) is 0 Å². The summed E-state index contributed by atoms with van der Waals surface area (Å²) >= 11 is 0. The van der Waals surface area contributed by atoms with Crippen molar-refractivity contribution in [3.63, 3.8) is 0 Å². The van der Waals surface area contributed by atoms with E-state index in [1.165, 1.54) is 11.1 Å². The fraction of sp³-hybridized carbons (Fsp3) is 0.625. The summed E-state index contributed by atoms with van der Waals surface area (Å²) in [4.78, 5) is 13.5. The van der Waals surface area contributed by atoms with Crippen LogP contribution in [0.5, 0.6) is 0 Å². The second kappa shape index (κ2) is 7.09. The molecule has 0 amide bonds. The van der Waals surface area contributed by atoms with E-state index in [9.17, 15) is 4.79 Å². The third-order valence-corrected chi connectivity index (χ3v) is 6.76. The molecule has 0 aliphatic heterocycles. The first-order valence-corrected chi connectivity index (χ1v) is 10.2. The van der Waals surface area contributed by atoms with Crippen LogP contribution < -0.4 is 0 Å². The van der Waals surface area contributed by atoms with E-state index < -0.39 is 5.41 Å². The number of carbonyl (C=O) groups excluding carboxylic acids is 1. The highest BCUT2D eigenvalue weighted by molar-refractivity contribution is 5.85. The Morgan fingerprint density at radius 3 is 2.41 bits per heavy atom. The Labute approximate surface area is 164 Å². The van der Waals surface area contributed by atoms with Crippen molar-refractivity contribution in [3.05, 3.63) is 47.0 Å². The summed E-state index contributed by atoms with van der Waals surface area (Å²) in [6, 6.07) is 10.2. The molecule has 0 heterocycles. The molecule has 3 atom stereocenters. The standard InChI is InChI=1S/C24H34O3/c1-7-26-21(25)24-19(17(2)3)13-14-23(24,6)16-22(4,5)20(24)27-15-18-11-9-8-10-12-18/h8-12,20H,7,13-16H2,1-6H3/t20-,23+,24-/m1/s1. The molecule has 0 N–H and O–H groups in total. The van der Waals surface area contributed by atoms with Gasteiger partial charge in [-0.25, -0.2) is 0 Å². The zero-order valence-corrected chi connectivity index (χ0v) is 17.7. The summed E-state index contributed by atoms with van der Waals surface area (Å²) in [6.07, 6.45) is 2.75. The number of fused-ring (bicyclic) bond motifs is 1. The van der Waals surface area contributed by atoms with Crippen LogP contribution in [0.15, 0.2) is 41.5 Å². The number of hydrogen-bond acceptors (Lipinski definition) is 3. The highest BCUT2D eigenvalue weighted by atomic mass is 16.5. The highest BCUT2D eigenvalue weighted by Crippen LogP contribution is 2.71. The van der Waals surface area contributed by atoms with Crippen LogP contribution >= 0.6 is 0 Å². The van der Waals surface area contributed by atoms with E-state index in [2.05, 4.69) is 46.8 Å². The van der Waals surface area contributed by atoms with Crippen LogP contribution in [-0.4, -0.2) is 18.7 Å². The van der Waals surface area contributed by atoms with Crippen molar-refractivity contribution < 1.29 is 14.3 Å². The van der Waals surface area contributed by atoms with Crippen LogP contribution in [0.25, 0.3) is 0 Å². The van der Waals surface area contributed by atoms with Gasteiger partial charge in [0.05, 0.1) is 19.3 Å². The lowest BCUT2D eigenvalue weighted by atomic mass is 9.65. The third kappa shape index (κ3) is 3.04. The van der Waals surface area contributed by atoms with Crippen LogP contribution in [0.3, 0.4) is 0 Å². The van der Waals surface area contributed by atoms with Crippen molar-refractivity contribution in [3.8, 4) is 0 Å². The average molecular weight is 371 g/mol. The van der Waals surface area contributed by atoms with Gasteiger partial charge < -0.3 is 9.47 Å². The van der Waals surface area contributed by atoms with E-state index in [-0.39, 0.29) is 22.9 Å². The highest BCUT2D eigenvalue weighted by Gasteiger charge is 2.73. The fourth-order valence-corrected chi connectivity index (χ4v) is 6.02. The van der Waals surface area contributed by atoms with Crippen LogP contribution in [-0.2, 0) is 20.9 Å². The number of rotatable bonds is 5. The van der Waals surface area contributed by atoms with Gasteiger partial charge in [-0.2, -0.15) is 0 Å². The lowest BCUT2D eigenvalue weighted by Gasteiger charge is -2.42. The fourth-order valence-electron chi connectivity index (χ4n) is 6.02. The first-order valence-electron chi connectivity index (χ1n) is 10.2. The Morgan fingerprint density at radius 2 is 1.81 bits per heavy atom. The van der Waals surface area contributed by atoms with Crippen molar-refractivity contribution in [1.82, 2.24) is 0 Å². The molecule has 2 aliphatic rings. The number of hydrogen-bond donors (Lipinski definition) is 0. The van der Waals surface area contributed by atoms with Gasteiger partial charge in [-0.1, -0.05) is 62.2 Å². The van der Waals surface area contributed by atoms with E-state index in [4.69, 9.17) is 9.47 Å². The quantitative estimate of drug-likeness (QED) is 0.493. The van der Waals surface area contributed by atoms with Crippen molar-refractivity contribution in [2.45, 2.75) is 73.5 Å². The van der Waals surface area contributed by atoms with Crippen molar-refractivity contribution in [1.29, 1.82) is 0 Å². The van der Waals surface area contributed by atoms with Gasteiger partial charge in [0.1, 0.15) is 5.41 Å². The van der Waals surface area contributed by atoms with E-state index in [0.717, 1.165) is 24.8 Å². The van der Waals surface area contributed by atoms with Crippen LogP contribution in [0.1, 0.15) is 66.4 Å². The van der Waals surface area contributed by atoms with Crippen molar-refractivity contribution in [2.75, 3.05) is 6.61 Å². The maximum absolute atomic E-state index is 13.5. The summed E-state index contributed by atoms with van der Waals surface area (Å²) in [5, 5.41) is 0. The minimum atomic E-state index is -0.680. The molecule has 2 fully saturated rings. The number of carbonyl (C=O) groups is 1. The van der Waals surface area contributed by atoms with Crippen LogP contribution in [0, 0.1) is 16.2 Å². The monoisotopic (exact) mass is 370 g/mol. The number of allylic oxidation sites excluding steroid dienone is 1. The topological polar surface area (TPSA) is 35.5 Å². The Hall–Kier alpha value is -1.61. The lowest BCUT2D eigenvalue weighted by molar-refractivity contribution is -0.170. The van der Waals surface area contributed by atoms with Crippen molar-refractivity contribution in [2.24, 2.45) is 16.2 Å². The Kier molecular flexibility index (Phi) is 5.28. The molecule has 1 aromatic rings. The number of benzene rings is 1. The Morgan fingerprint density at radius 1 is 1.15 bits per heavy atom. The van der Waals surface area contributed by atoms with Gasteiger partial charge in [0.25, 0.3) is 0 Å². The minimum Gasteiger partial charge on any atom is -0.465 e. The van der Waals surface area contributed by atoms with Gasteiger partial charge >= 0.3 is 5.97 Å². The molecule has 3 rings (SSSR count). The molecule has 0 saturated heterocycles. The zero-order chi connectivity index (χ0) is 19.9. The molecule has 3 heteroatoms. The molecule has 0 radical (unpaired) electrons. The van der Waals surface area contributed by atoms with E-state index >= 15 is 0 Å². The molecule has 2 saturated carbocycles. The Bertz CT molecular complexity index is 729. The molecule has 1 aromatic carbocycles. The Balaban J connectivity index is 2.09. The largest absolute Gasteiger partial charge is 0.465 e. The second-order valence-electron chi connectivity index (χ2n) is 9.41. The SMILES string of the molecule is CCOC(=O)[C@]12C(=C(C)C)CC[C@@]1(C)CC(C)(C)[C@H]2OCc1ccccc1. The molecule has 0 spiro atoms. The van der Waals surface area contributed by atoms with E-state index in [0.29, 0.717) is 13.2 Å². The molecule has 0 aromatic heterocycles. The summed E-state index contributed by atoms with van der Waals surface area (Å²) in [5.41, 5.74) is 2.70. The van der Waals surface area contributed by atoms with E-state index in [1.54, 1.807) is 0 Å². The molecule has 27 heavy (non-hydrogen) atoms. The summed E-state index contributed by atoms with van der Waals surface area (Å²) in [7, 11) is 0. The molecule has 0 bridgehead atoms.